The molecule has 0 unspecified atom stereocenters. The number of halogens is 1. The fraction of sp³-hybridized carbons (Fsp3) is 0.929. The topological polar surface area (TPSA) is 65.9 Å². The van der Waals surface area contributed by atoms with Crippen LogP contribution in [-0.2, 0) is 4.74 Å². The van der Waals surface area contributed by atoms with Gasteiger partial charge in [0.05, 0.1) is 13.2 Å². The summed E-state index contributed by atoms with van der Waals surface area (Å²) in [6, 6.07) is 0. The van der Waals surface area contributed by atoms with E-state index in [0.717, 1.165) is 38.6 Å². The molecule has 0 amide bonds. The number of nitrogens with zero attached hydrogens (tertiary/aromatic N) is 1. The molecule has 0 aromatic heterocycles. The van der Waals surface area contributed by atoms with Crippen molar-refractivity contribution in [3.63, 3.8) is 0 Å². The second-order valence-corrected chi connectivity index (χ2v) is 6.34. The van der Waals surface area contributed by atoms with E-state index in [9.17, 15) is 5.11 Å². The van der Waals surface area contributed by atoms with Crippen LogP contribution in [0.1, 0.15) is 40.5 Å². The number of ether oxygens (including phenoxy) is 1. The zero-order valence-electron chi connectivity index (χ0n) is 13.2. The van der Waals surface area contributed by atoms with Gasteiger partial charge in [-0.15, -0.1) is 24.0 Å². The van der Waals surface area contributed by atoms with Crippen LogP contribution < -0.4 is 10.6 Å². The minimum Gasteiger partial charge on any atom is -0.396 e. The molecule has 3 N–H and O–H groups in total. The zero-order chi connectivity index (χ0) is 14.4. The number of aliphatic hydroxyl groups is 1. The summed E-state index contributed by atoms with van der Waals surface area (Å²) in [5.41, 5.74) is -0.137. The average Bonchev–Trinajstić information content (AvgIpc) is 2.36. The maximum Gasteiger partial charge on any atom is 0.191 e. The van der Waals surface area contributed by atoms with Gasteiger partial charge < -0.3 is 20.5 Å². The summed E-state index contributed by atoms with van der Waals surface area (Å²) in [7, 11) is 0. The molecule has 1 heterocycles. The van der Waals surface area contributed by atoms with Crippen molar-refractivity contribution >= 4 is 29.9 Å². The van der Waals surface area contributed by atoms with Crippen LogP contribution in [0.15, 0.2) is 4.99 Å². The van der Waals surface area contributed by atoms with Crippen LogP contribution in [0, 0.1) is 5.41 Å². The third-order valence-corrected chi connectivity index (χ3v) is 3.30. The average molecular weight is 399 g/mol. The molecule has 0 aromatic rings. The highest BCUT2D eigenvalue weighted by Crippen LogP contribution is 2.30. The van der Waals surface area contributed by atoms with E-state index < -0.39 is 0 Å². The van der Waals surface area contributed by atoms with Gasteiger partial charge in [0.1, 0.15) is 0 Å². The van der Waals surface area contributed by atoms with Gasteiger partial charge in [0, 0.05) is 30.7 Å². The Morgan fingerprint density at radius 2 is 1.90 bits per heavy atom. The molecular weight excluding hydrogens is 369 g/mol. The van der Waals surface area contributed by atoms with Gasteiger partial charge in [-0.1, -0.05) is 0 Å². The van der Waals surface area contributed by atoms with Crippen LogP contribution in [-0.4, -0.2) is 49.5 Å². The molecule has 1 fully saturated rings. The number of guanidine groups is 1. The molecule has 0 aliphatic carbocycles. The molecule has 0 saturated carbocycles. The Bertz CT molecular complexity index is 297. The number of hydrogen-bond acceptors (Lipinski definition) is 3. The number of aliphatic hydroxyl groups excluding tert-OH is 1. The van der Waals surface area contributed by atoms with Gasteiger partial charge in [0.15, 0.2) is 5.96 Å². The van der Waals surface area contributed by atoms with Crippen LogP contribution in [0.4, 0.5) is 0 Å². The predicted octanol–water partition coefficient (Wildman–Crippen LogP) is 1.75. The van der Waals surface area contributed by atoms with Crippen molar-refractivity contribution in [2.45, 2.75) is 46.1 Å². The van der Waals surface area contributed by atoms with Crippen LogP contribution in [0.25, 0.3) is 0 Å². The monoisotopic (exact) mass is 399 g/mol. The van der Waals surface area contributed by atoms with Crippen LogP contribution in [0.5, 0.6) is 0 Å². The second-order valence-electron chi connectivity index (χ2n) is 6.34. The second kappa shape index (κ2) is 9.04. The summed E-state index contributed by atoms with van der Waals surface area (Å²) < 4.78 is 5.37. The highest BCUT2D eigenvalue weighted by molar-refractivity contribution is 14.0. The van der Waals surface area contributed by atoms with Gasteiger partial charge in [0.2, 0.25) is 0 Å². The third-order valence-electron chi connectivity index (χ3n) is 3.30. The summed E-state index contributed by atoms with van der Waals surface area (Å²) in [6.45, 7) is 11.5. The molecule has 0 atom stereocenters. The Morgan fingerprint density at radius 1 is 1.30 bits per heavy atom. The normalized spacial score (nSPS) is 19.1. The van der Waals surface area contributed by atoms with Crippen molar-refractivity contribution in [3.05, 3.63) is 0 Å². The van der Waals surface area contributed by atoms with E-state index in [1.165, 1.54) is 0 Å². The highest BCUT2D eigenvalue weighted by atomic mass is 127. The van der Waals surface area contributed by atoms with Gasteiger partial charge in [0.25, 0.3) is 0 Å². The molecule has 0 aromatic carbocycles. The molecule has 1 saturated heterocycles. The Hall–Kier alpha value is -0.0800. The number of aliphatic imine (C=N–C) groups is 1. The Morgan fingerprint density at radius 3 is 2.35 bits per heavy atom. The number of rotatable bonds is 4. The molecule has 0 radical (unpaired) electrons. The summed E-state index contributed by atoms with van der Waals surface area (Å²) in [4.78, 5) is 4.64. The molecular formula is C14H30IN3O2. The van der Waals surface area contributed by atoms with E-state index in [2.05, 4.69) is 43.3 Å². The molecule has 0 spiro atoms. The van der Waals surface area contributed by atoms with Crippen molar-refractivity contribution in [1.29, 1.82) is 0 Å². The van der Waals surface area contributed by atoms with Crippen molar-refractivity contribution in [1.82, 2.24) is 10.6 Å². The number of hydrogen-bond donors (Lipinski definition) is 3. The van der Waals surface area contributed by atoms with Crippen LogP contribution in [0.3, 0.4) is 0 Å². The predicted molar refractivity (Wildman–Crippen MR) is 93.9 cm³/mol. The quantitative estimate of drug-likeness (QED) is 0.383. The fourth-order valence-electron chi connectivity index (χ4n) is 2.08. The maximum absolute atomic E-state index is 9.65. The molecule has 1 aliphatic rings. The Labute approximate surface area is 140 Å². The Kier molecular flexibility index (Phi) is 9.01. The van der Waals surface area contributed by atoms with Gasteiger partial charge in [-0.3, -0.25) is 4.99 Å². The van der Waals surface area contributed by atoms with Gasteiger partial charge in [-0.05, 0) is 40.5 Å². The first kappa shape index (κ1) is 19.9. The SMILES string of the molecule is CCNC(=NCC1(CO)CCOCC1)NC(C)(C)C.I. The smallest absolute Gasteiger partial charge is 0.191 e. The lowest BCUT2D eigenvalue weighted by Crippen LogP contribution is -2.48. The molecule has 1 rings (SSSR count). The molecule has 20 heavy (non-hydrogen) atoms. The van der Waals surface area contributed by atoms with Crippen molar-refractivity contribution < 1.29 is 9.84 Å². The van der Waals surface area contributed by atoms with Gasteiger partial charge in [-0.25, -0.2) is 0 Å². The summed E-state index contributed by atoms with van der Waals surface area (Å²) in [6.07, 6.45) is 1.75. The highest BCUT2D eigenvalue weighted by Gasteiger charge is 2.32. The van der Waals surface area contributed by atoms with Crippen molar-refractivity contribution in [2.75, 3.05) is 32.9 Å². The number of nitrogens with one attached hydrogen (secondary N) is 2. The standard InChI is InChI=1S/C14H29N3O2.HI/c1-5-15-12(17-13(2,3)4)16-10-14(11-18)6-8-19-9-7-14;/h18H,5-11H2,1-4H3,(H2,15,16,17);1H. The fourth-order valence-corrected chi connectivity index (χ4v) is 2.08. The lowest BCUT2D eigenvalue weighted by Gasteiger charge is -2.34. The van der Waals surface area contributed by atoms with Crippen LogP contribution >= 0.6 is 24.0 Å². The Balaban J connectivity index is 0.00000361. The first-order valence-electron chi connectivity index (χ1n) is 7.16. The van der Waals surface area contributed by atoms with Crippen molar-refractivity contribution in [2.24, 2.45) is 10.4 Å². The van der Waals surface area contributed by atoms with Gasteiger partial charge in [-0.2, -0.15) is 0 Å². The molecule has 5 nitrogen and oxygen atoms in total. The largest absolute Gasteiger partial charge is 0.396 e. The molecule has 6 heteroatoms. The third kappa shape index (κ3) is 7.08. The zero-order valence-corrected chi connectivity index (χ0v) is 15.5. The summed E-state index contributed by atoms with van der Waals surface area (Å²) >= 11 is 0. The van der Waals surface area contributed by atoms with E-state index in [-0.39, 0.29) is 41.5 Å². The van der Waals surface area contributed by atoms with E-state index >= 15 is 0 Å². The molecule has 0 bridgehead atoms. The van der Waals surface area contributed by atoms with E-state index in [0.29, 0.717) is 6.54 Å². The van der Waals surface area contributed by atoms with E-state index in [4.69, 9.17) is 4.74 Å². The lowest BCUT2D eigenvalue weighted by atomic mass is 9.81. The maximum atomic E-state index is 9.65. The lowest BCUT2D eigenvalue weighted by molar-refractivity contribution is -0.0106. The summed E-state index contributed by atoms with van der Waals surface area (Å²) in [5, 5.41) is 16.3. The van der Waals surface area contributed by atoms with Crippen LogP contribution in [0.2, 0.25) is 0 Å². The van der Waals surface area contributed by atoms with E-state index in [1.54, 1.807) is 0 Å². The minimum absolute atomic E-state index is 0. The summed E-state index contributed by atoms with van der Waals surface area (Å²) in [5.74, 6) is 0.814. The molecule has 1 aliphatic heterocycles. The molecule has 120 valence electrons. The minimum atomic E-state index is -0.113. The van der Waals surface area contributed by atoms with E-state index in [1.807, 2.05) is 0 Å². The first-order chi connectivity index (χ1) is 8.91. The van der Waals surface area contributed by atoms with Crippen molar-refractivity contribution in [3.8, 4) is 0 Å². The first-order valence-corrected chi connectivity index (χ1v) is 7.16. The van der Waals surface area contributed by atoms with Gasteiger partial charge >= 0.3 is 0 Å².